The van der Waals surface area contributed by atoms with Crippen molar-refractivity contribution < 1.29 is 45.6 Å². The van der Waals surface area contributed by atoms with E-state index in [1.165, 1.54) is 77.0 Å². The number of rotatable bonds is 23. The summed E-state index contributed by atoms with van der Waals surface area (Å²) in [5, 5.41) is 75.7. The summed E-state index contributed by atoms with van der Waals surface area (Å²) >= 11 is 0. The molecule has 9 nitrogen and oxygen atoms in total. The molecule has 0 aliphatic carbocycles. The SMILES string of the molecule is CCCCCCCCCCCCCCCCCCCCC(O)C(O)(O)C(O)(O)C(O)(O)C(=O)O. The van der Waals surface area contributed by atoms with Gasteiger partial charge in [-0.3, -0.25) is 0 Å². The summed E-state index contributed by atoms with van der Waals surface area (Å²) in [6, 6.07) is 0. The second-order valence-corrected chi connectivity index (χ2v) is 9.69. The molecular weight excluding hydrogens is 444 g/mol. The third kappa shape index (κ3) is 11.7. The van der Waals surface area contributed by atoms with Gasteiger partial charge in [-0.25, -0.2) is 4.79 Å². The molecule has 1 unspecified atom stereocenters. The molecule has 8 N–H and O–H groups in total. The molecule has 0 spiro atoms. The molecule has 0 aliphatic heterocycles. The maximum atomic E-state index is 10.7. The van der Waals surface area contributed by atoms with E-state index in [0.29, 0.717) is 12.8 Å². The van der Waals surface area contributed by atoms with Crippen molar-refractivity contribution in [3.8, 4) is 0 Å². The second-order valence-electron chi connectivity index (χ2n) is 9.69. The van der Waals surface area contributed by atoms with Crippen LogP contribution in [0.2, 0.25) is 0 Å². The molecule has 9 heteroatoms. The molecule has 0 aromatic rings. The fraction of sp³-hybridized carbons (Fsp3) is 0.960. The molecule has 0 heterocycles. The topological polar surface area (TPSA) is 179 Å². The highest BCUT2D eigenvalue weighted by Gasteiger charge is 2.68. The lowest BCUT2D eigenvalue weighted by Gasteiger charge is -2.42. The zero-order chi connectivity index (χ0) is 26.1. The minimum absolute atomic E-state index is 0.287. The van der Waals surface area contributed by atoms with Gasteiger partial charge in [-0.2, -0.15) is 0 Å². The van der Waals surface area contributed by atoms with Gasteiger partial charge in [0.05, 0.1) is 0 Å². The van der Waals surface area contributed by atoms with Crippen molar-refractivity contribution in [3.05, 3.63) is 0 Å². The Hall–Kier alpha value is -0.810. The molecule has 0 radical (unpaired) electrons. The van der Waals surface area contributed by atoms with E-state index in [0.717, 1.165) is 25.7 Å². The van der Waals surface area contributed by atoms with Crippen molar-refractivity contribution in [3.63, 3.8) is 0 Å². The average Bonchev–Trinajstić information content (AvgIpc) is 2.77. The Labute approximate surface area is 204 Å². The van der Waals surface area contributed by atoms with Gasteiger partial charge < -0.3 is 40.9 Å². The van der Waals surface area contributed by atoms with Crippen LogP contribution in [-0.2, 0) is 4.79 Å². The summed E-state index contributed by atoms with van der Waals surface area (Å²) in [5.41, 5.74) is 0. The van der Waals surface area contributed by atoms with Crippen LogP contribution in [-0.4, -0.2) is 70.3 Å². The molecule has 0 saturated heterocycles. The largest absolute Gasteiger partial charge is 0.477 e. The van der Waals surface area contributed by atoms with Crippen molar-refractivity contribution in [2.24, 2.45) is 0 Å². The molecule has 0 aromatic heterocycles. The highest BCUT2D eigenvalue weighted by molar-refractivity contribution is 5.76. The van der Waals surface area contributed by atoms with Gasteiger partial charge in [0, 0.05) is 0 Å². The Morgan fingerprint density at radius 2 is 0.882 bits per heavy atom. The van der Waals surface area contributed by atoms with Crippen LogP contribution in [0.5, 0.6) is 0 Å². The Morgan fingerprint density at radius 1 is 0.588 bits per heavy atom. The minimum Gasteiger partial charge on any atom is -0.477 e. The average molecular weight is 495 g/mol. The van der Waals surface area contributed by atoms with Crippen LogP contribution in [0.25, 0.3) is 0 Å². The zero-order valence-corrected chi connectivity index (χ0v) is 21.0. The van der Waals surface area contributed by atoms with Crippen LogP contribution in [0.3, 0.4) is 0 Å². The fourth-order valence-corrected chi connectivity index (χ4v) is 4.08. The quantitative estimate of drug-likeness (QED) is 0.0783. The van der Waals surface area contributed by atoms with Gasteiger partial charge in [0.15, 0.2) is 0 Å². The van der Waals surface area contributed by atoms with Crippen molar-refractivity contribution >= 4 is 5.97 Å². The number of aliphatic hydroxyl groups excluding tert-OH is 1. The molecule has 0 aliphatic rings. The molecule has 0 aromatic carbocycles. The van der Waals surface area contributed by atoms with Crippen molar-refractivity contribution in [2.75, 3.05) is 0 Å². The van der Waals surface area contributed by atoms with E-state index in [-0.39, 0.29) is 6.42 Å². The number of aliphatic hydroxyl groups is 7. The van der Waals surface area contributed by atoms with Crippen LogP contribution in [0, 0.1) is 0 Å². The van der Waals surface area contributed by atoms with Gasteiger partial charge in [0.1, 0.15) is 6.10 Å². The van der Waals surface area contributed by atoms with E-state index in [2.05, 4.69) is 6.92 Å². The number of carbonyl (C=O) groups is 1. The van der Waals surface area contributed by atoms with Gasteiger partial charge in [-0.15, -0.1) is 0 Å². The summed E-state index contributed by atoms with van der Waals surface area (Å²) < 4.78 is 0. The summed E-state index contributed by atoms with van der Waals surface area (Å²) in [4.78, 5) is 10.7. The van der Waals surface area contributed by atoms with Gasteiger partial charge in [-0.05, 0) is 6.42 Å². The predicted molar refractivity (Wildman–Crippen MR) is 129 cm³/mol. The fourth-order valence-electron chi connectivity index (χ4n) is 4.08. The minimum atomic E-state index is -4.31. The van der Waals surface area contributed by atoms with Gasteiger partial charge in [-0.1, -0.05) is 122 Å². The van der Waals surface area contributed by atoms with Crippen LogP contribution in [0.4, 0.5) is 0 Å². The zero-order valence-electron chi connectivity index (χ0n) is 21.0. The molecule has 0 rings (SSSR count). The number of hydrogen-bond donors (Lipinski definition) is 8. The van der Waals surface area contributed by atoms with E-state index in [1.807, 2.05) is 0 Å². The highest BCUT2D eigenvalue weighted by Crippen LogP contribution is 2.32. The molecular formula is C25H50O9. The van der Waals surface area contributed by atoms with Gasteiger partial charge >= 0.3 is 11.8 Å². The van der Waals surface area contributed by atoms with Crippen LogP contribution >= 0.6 is 0 Å². The lowest BCUT2D eigenvalue weighted by atomic mass is 9.89. The first-order valence-corrected chi connectivity index (χ1v) is 13.2. The first-order chi connectivity index (χ1) is 15.9. The summed E-state index contributed by atoms with van der Waals surface area (Å²) in [6.45, 7) is 2.24. The molecule has 0 bridgehead atoms. The number of unbranched alkanes of at least 4 members (excludes halogenated alkanes) is 17. The number of hydrogen-bond acceptors (Lipinski definition) is 8. The van der Waals surface area contributed by atoms with Crippen molar-refractivity contribution in [2.45, 2.75) is 152 Å². The molecule has 0 saturated carbocycles. The molecule has 1 atom stereocenters. The number of carboxylic acid groups (broad SMARTS) is 1. The first-order valence-electron chi connectivity index (χ1n) is 13.2. The Balaban J connectivity index is 3.72. The third-order valence-electron chi connectivity index (χ3n) is 6.59. The number of aliphatic carboxylic acids is 1. The van der Waals surface area contributed by atoms with E-state index >= 15 is 0 Å². The number of carboxylic acids is 1. The van der Waals surface area contributed by atoms with Crippen LogP contribution < -0.4 is 0 Å². The highest BCUT2D eigenvalue weighted by atomic mass is 16.7. The molecule has 0 amide bonds. The Morgan fingerprint density at radius 3 is 1.18 bits per heavy atom. The summed E-state index contributed by atoms with van der Waals surface area (Å²) in [7, 11) is 0. The van der Waals surface area contributed by atoms with E-state index in [9.17, 15) is 40.5 Å². The third-order valence-corrected chi connectivity index (χ3v) is 6.59. The molecule has 0 fully saturated rings. The molecule has 34 heavy (non-hydrogen) atoms. The summed E-state index contributed by atoms with van der Waals surface area (Å²) in [6.07, 6.45) is 18.5. The predicted octanol–water partition coefficient (Wildman–Crippen LogP) is 2.91. The van der Waals surface area contributed by atoms with Crippen LogP contribution in [0.1, 0.15) is 129 Å². The van der Waals surface area contributed by atoms with E-state index < -0.39 is 29.4 Å². The van der Waals surface area contributed by atoms with Crippen molar-refractivity contribution in [1.29, 1.82) is 0 Å². The molecule has 204 valence electrons. The normalized spacial score (nSPS) is 13.9. The lowest BCUT2D eigenvalue weighted by Crippen LogP contribution is -2.74. The van der Waals surface area contributed by atoms with Gasteiger partial charge in [0.2, 0.25) is 0 Å². The maximum absolute atomic E-state index is 10.7. The lowest BCUT2D eigenvalue weighted by molar-refractivity contribution is -0.456. The Kier molecular flexibility index (Phi) is 17.2. The van der Waals surface area contributed by atoms with Crippen molar-refractivity contribution in [1.82, 2.24) is 0 Å². The van der Waals surface area contributed by atoms with E-state index in [1.54, 1.807) is 0 Å². The smallest absolute Gasteiger partial charge is 0.370 e. The van der Waals surface area contributed by atoms with Crippen LogP contribution in [0.15, 0.2) is 0 Å². The first kappa shape index (κ1) is 33.2. The second kappa shape index (κ2) is 17.6. The monoisotopic (exact) mass is 494 g/mol. The van der Waals surface area contributed by atoms with Gasteiger partial charge in [0.25, 0.3) is 11.6 Å². The van der Waals surface area contributed by atoms with E-state index in [4.69, 9.17) is 5.11 Å². The summed E-state index contributed by atoms with van der Waals surface area (Å²) in [5.74, 6) is -15.0. The Bertz CT molecular complexity index is 521. The maximum Gasteiger partial charge on any atom is 0.370 e. The standard InChI is InChI=1S/C25H50O9/c1-2-3-4-5-6-7-8-9-10-11-12-13-14-15-16-17-18-19-20-21(26)23(29,30)25(33,34)24(31,32)22(27)28/h21,26,29-34H,2-20H2,1H3,(H,27,28).